The van der Waals surface area contributed by atoms with Gasteiger partial charge in [-0.15, -0.1) is 0 Å². The van der Waals surface area contributed by atoms with Gasteiger partial charge in [0.1, 0.15) is 5.82 Å². The maximum atomic E-state index is 11.4. The molecule has 0 spiro atoms. The molecule has 4 nitrogen and oxygen atoms in total. The fourth-order valence-electron chi connectivity index (χ4n) is 1.32. The van der Waals surface area contributed by atoms with Crippen LogP contribution in [0.3, 0.4) is 0 Å². The minimum Gasteiger partial charge on any atom is -0.398 e. The van der Waals surface area contributed by atoms with Gasteiger partial charge in [0.15, 0.2) is 10.1 Å². The fourth-order valence-corrected chi connectivity index (χ4v) is 2.99. The van der Waals surface area contributed by atoms with Crippen LogP contribution in [0.25, 0.3) is 0 Å². The lowest BCUT2D eigenvalue weighted by Crippen LogP contribution is -1.99. The number of rotatable bonds is 3. The van der Waals surface area contributed by atoms with E-state index in [1.54, 1.807) is 12.1 Å². The van der Waals surface area contributed by atoms with Crippen LogP contribution in [0.2, 0.25) is 0 Å². The van der Waals surface area contributed by atoms with E-state index in [1.807, 2.05) is 13.0 Å². The maximum Gasteiger partial charge on any atom is 0.174 e. The lowest BCUT2D eigenvalue weighted by atomic mass is 10.1. The third kappa shape index (κ3) is 2.83. The number of hydrogen-bond donors (Lipinski definition) is 1. The molecule has 1 aromatic carbocycles. The highest BCUT2D eigenvalue weighted by atomic mass is 32.2. The Labute approximate surface area is 107 Å². The molecule has 1 heterocycles. The minimum atomic E-state index is -0.0293. The van der Waals surface area contributed by atoms with E-state index in [2.05, 4.69) is 9.36 Å². The molecule has 0 unspecified atom stereocenters. The van der Waals surface area contributed by atoms with E-state index in [0.29, 0.717) is 11.3 Å². The van der Waals surface area contributed by atoms with Crippen LogP contribution >= 0.6 is 23.3 Å². The van der Waals surface area contributed by atoms with Gasteiger partial charge in [-0.25, -0.2) is 4.98 Å². The number of carbonyl (C=O) groups is 1. The highest BCUT2D eigenvalue weighted by molar-refractivity contribution is 8.01. The summed E-state index contributed by atoms with van der Waals surface area (Å²) in [7, 11) is 0. The number of nitrogens with zero attached hydrogens (tertiary/aromatic N) is 2. The second kappa shape index (κ2) is 4.85. The molecule has 2 rings (SSSR count). The number of nitrogens with two attached hydrogens (primary N) is 1. The fraction of sp³-hybridized carbons (Fsp3) is 0.182. The zero-order valence-corrected chi connectivity index (χ0v) is 11.1. The van der Waals surface area contributed by atoms with Crippen molar-refractivity contribution in [3.63, 3.8) is 0 Å². The molecule has 0 radical (unpaired) electrons. The first-order chi connectivity index (χ1) is 8.06. The van der Waals surface area contributed by atoms with Crippen molar-refractivity contribution in [3.05, 3.63) is 29.6 Å². The number of benzene rings is 1. The van der Waals surface area contributed by atoms with Crippen molar-refractivity contribution < 1.29 is 4.79 Å². The van der Waals surface area contributed by atoms with E-state index in [9.17, 15) is 4.79 Å². The summed E-state index contributed by atoms with van der Waals surface area (Å²) >= 11 is 2.83. The number of carbonyl (C=O) groups excluding carboxylic acids is 1. The monoisotopic (exact) mass is 265 g/mol. The van der Waals surface area contributed by atoms with Crippen molar-refractivity contribution in [1.29, 1.82) is 0 Å². The second-order valence-electron chi connectivity index (χ2n) is 3.51. The molecular weight excluding hydrogens is 254 g/mol. The van der Waals surface area contributed by atoms with Gasteiger partial charge in [-0.1, -0.05) is 11.8 Å². The highest BCUT2D eigenvalue weighted by Crippen LogP contribution is 2.30. The van der Waals surface area contributed by atoms with Gasteiger partial charge >= 0.3 is 0 Å². The molecule has 1 aromatic heterocycles. The molecule has 0 atom stereocenters. The molecular formula is C11H11N3OS2. The molecule has 0 aliphatic heterocycles. The van der Waals surface area contributed by atoms with Gasteiger partial charge in [0.05, 0.1) is 0 Å². The van der Waals surface area contributed by atoms with Gasteiger partial charge in [-0.05, 0) is 43.6 Å². The Morgan fingerprint density at radius 1 is 1.47 bits per heavy atom. The van der Waals surface area contributed by atoms with Crippen LogP contribution < -0.4 is 5.73 Å². The van der Waals surface area contributed by atoms with Gasteiger partial charge in [0, 0.05) is 16.1 Å². The Hall–Kier alpha value is -1.40. The maximum absolute atomic E-state index is 11.4. The molecule has 2 N–H and O–H groups in total. The zero-order valence-electron chi connectivity index (χ0n) is 9.43. The molecule has 2 aromatic rings. The normalized spacial score (nSPS) is 10.5. The number of Topliss-reactive ketones (excluding diaryl/α,β-unsaturated/α-hetero) is 1. The zero-order chi connectivity index (χ0) is 12.4. The Kier molecular flexibility index (Phi) is 3.44. The van der Waals surface area contributed by atoms with E-state index in [4.69, 9.17) is 5.73 Å². The Bertz CT molecular complexity index is 566. The van der Waals surface area contributed by atoms with Gasteiger partial charge in [-0.3, -0.25) is 4.79 Å². The lowest BCUT2D eigenvalue weighted by Gasteiger charge is -2.04. The molecule has 0 aliphatic rings. The summed E-state index contributed by atoms with van der Waals surface area (Å²) in [5, 5.41) is 0. The van der Waals surface area contributed by atoms with Crippen molar-refractivity contribution >= 4 is 34.8 Å². The smallest absolute Gasteiger partial charge is 0.174 e. The largest absolute Gasteiger partial charge is 0.398 e. The van der Waals surface area contributed by atoms with Gasteiger partial charge < -0.3 is 5.73 Å². The van der Waals surface area contributed by atoms with Crippen LogP contribution in [0.1, 0.15) is 23.1 Å². The summed E-state index contributed by atoms with van der Waals surface area (Å²) in [4.78, 5) is 16.6. The van der Waals surface area contributed by atoms with Crippen molar-refractivity contribution in [1.82, 2.24) is 9.36 Å². The van der Waals surface area contributed by atoms with Crippen LogP contribution in [0.15, 0.2) is 27.4 Å². The first kappa shape index (κ1) is 12.1. The number of ketones is 1. The van der Waals surface area contributed by atoms with Crippen LogP contribution in [0.5, 0.6) is 0 Å². The van der Waals surface area contributed by atoms with E-state index in [-0.39, 0.29) is 5.78 Å². The number of aromatic nitrogens is 2. The number of hydrogen-bond acceptors (Lipinski definition) is 6. The summed E-state index contributed by atoms with van der Waals surface area (Å²) in [5.41, 5.74) is 6.79. The van der Waals surface area contributed by atoms with Crippen molar-refractivity contribution in [2.75, 3.05) is 5.73 Å². The summed E-state index contributed by atoms with van der Waals surface area (Å²) in [6, 6.07) is 5.41. The molecule has 6 heteroatoms. The molecule has 0 amide bonds. The first-order valence-electron chi connectivity index (χ1n) is 4.95. The average Bonchev–Trinajstić information content (AvgIpc) is 2.66. The topological polar surface area (TPSA) is 68.9 Å². The molecule has 0 saturated heterocycles. The minimum absolute atomic E-state index is 0.0293. The van der Waals surface area contributed by atoms with Crippen LogP contribution in [-0.4, -0.2) is 15.1 Å². The summed E-state index contributed by atoms with van der Waals surface area (Å²) in [6.07, 6.45) is 0. The van der Waals surface area contributed by atoms with Crippen LogP contribution in [0.4, 0.5) is 5.69 Å². The van der Waals surface area contributed by atoms with Crippen LogP contribution in [0, 0.1) is 6.92 Å². The predicted molar refractivity (Wildman–Crippen MR) is 69.6 cm³/mol. The third-order valence-electron chi connectivity index (χ3n) is 2.12. The lowest BCUT2D eigenvalue weighted by molar-refractivity contribution is 0.101. The van der Waals surface area contributed by atoms with Crippen LogP contribution in [-0.2, 0) is 0 Å². The van der Waals surface area contributed by atoms with Gasteiger partial charge in [0.2, 0.25) is 0 Å². The Morgan fingerprint density at radius 2 is 2.24 bits per heavy atom. The number of aryl methyl sites for hydroxylation is 1. The van der Waals surface area contributed by atoms with Crippen molar-refractivity contribution in [2.24, 2.45) is 0 Å². The molecule has 0 aliphatic carbocycles. The molecule has 0 fully saturated rings. The standard InChI is InChI=1S/C11H11N3OS2/c1-6(15)9-5-8(3-4-10(9)12)16-11-13-7(2)14-17-11/h3-5H,12H2,1-2H3. The predicted octanol–water partition coefficient (Wildman–Crippen LogP) is 2.78. The number of nitrogen functional groups attached to an aromatic ring is 1. The van der Waals surface area contributed by atoms with E-state index in [0.717, 1.165) is 15.1 Å². The van der Waals surface area contributed by atoms with Crippen molar-refractivity contribution in [3.8, 4) is 0 Å². The van der Waals surface area contributed by atoms with Gasteiger partial charge in [0.25, 0.3) is 0 Å². The van der Waals surface area contributed by atoms with Crippen molar-refractivity contribution in [2.45, 2.75) is 23.1 Å². The van der Waals surface area contributed by atoms with Gasteiger partial charge in [-0.2, -0.15) is 4.37 Å². The quantitative estimate of drug-likeness (QED) is 0.682. The molecule has 0 bridgehead atoms. The highest BCUT2D eigenvalue weighted by Gasteiger charge is 2.08. The Balaban J connectivity index is 2.28. The van der Waals surface area contributed by atoms with E-state index >= 15 is 0 Å². The summed E-state index contributed by atoms with van der Waals surface area (Å²) in [5.74, 6) is 0.734. The average molecular weight is 265 g/mol. The first-order valence-corrected chi connectivity index (χ1v) is 6.54. The van der Waals surface area contributed by atoms with E-state index in [1.165, 1.54) is 30.2 Å². The molecule has 88 valence electrons. The van der Waals surface area contributed by atoms with E-state index < -0.39 is 0 Å². The number of anilines is 1. The summed E-state index contributed by atoms with van der Waals surface area (Å²) in [6.45, 7) is 3.36. The summed E-state index contributed by atoms with van der Waals surface area (Å²) < 4.78 is 4.97. The molecule has 0 saturated carbocycles. The SMILES string of the molecule is CC(=O)c1cc(Sc2nc(C)ns2)ccc1N. The molecule has 17 heavy (non-hydrogen) atoms. The Morgan fingerprint density at radius 3 is 2.82 bits per heavy atom. The second-order valence-corrected chi connectivity index (χ2v) is 5.59. The third-order valence-corrected chi connectivity index (χ3v) is 3.95.